The summed E-state index contributed by atoms with van der Waals surface area (Å²) in [5.41, 5.74) is 7.66. The fourth-order valence-electron chi connectivity index (χ4n) is 3.15. The Morgan fingerprint density at radius 1 is 1.32 bits per heavy atom. The van der Waals surface area contributed by atoms with Gasteiger partial charge in [0.15, 0.2) is 5.75 Å². The lowest BCUT2D eigenvalue weighted by Gasteiger charge is -2.33. The zero-order chi connectivity index (χ0) is 18.8. The van der Waals surface area contributed by atoms with Gasteiger partial charge in [-0.05, 0) is 49.5 Å². The quantitative estimate of drug-likeness (QED) is 0.643. The Kier molecular flexibility index (Phi) is 5.78. The number of allylic oxidation sites excluding steroid dienone is 2. The standard InChI is InChI=1S/C16H20F4N2O2S/c1-2-13(14-4-3-12(17)9-15(14)21)11-5-7-22(8-6-11)25(23,24)10-16(18,19)20/h2-4,9,11H,5-8,10,21H2,1H3/b13-2-. The Hall–Kier alpha value is -1.61. The number of nitrogens with two attached hydrogens (primary N) is 1. The molecule has 0 amide bonds. The fraction of sp³-hybridized carbons (Fsp3) is 0.500. The van der Waals surface area contributed by atoms with Crippen LogP contribution in [0.3, 0.4) is 0 Å². The summed E-state index contributed by atoms with van der Waals surface area (Å²) in [6.07, 6.45) is -2.16. The van der Waals surface area contributed by atoms with E-state index >= 15 is 0 Å². The number of hydrogen-bond acceptors (Lipinski definition) is 3. The third-order valence-corrected chi connectivity index (χ3v) is 6.11. The number of sulfonamides is 1. The molecule has 9 heteroatoms. The minimum atomic E-state index is -4.76. The van der Waals surface area contributed by atoms with Crippen molar-refractivity contribution in [3.63, 3.8) is 0 Å². The molecule has 0 unspecified atom stereocenters. The predicted molar refractivity (Wildman–Crippen MR) is 88.6 cm³/mol. The van der Waals surface area contributed by atoms with Gasteiger partial charge in [-0.25, -0.2) is 17.1 Å². The van der Waals surface area contributed by atoms with Crippen LogP contribution in [-0.4, -0.2) is 37.7 Å². The first-order valence-corrected chi connectivity index (χ1v) is 9.40. The third kappa shape index (κ3) is 4.94. The topological polar surface area (TPSA) is 63.4 Å². The Labute approximate surface area is 144 Å². The largest absolute Gasteiger partial charge is 0.404 e. The van der Waals surface area contributed by atoms with Crippen LogP contribution >= 0.6 is 0 Å². The van der Waals surface area contributed by atoms with E-state index in [1.54, 1.807) is 13.0 Å². The molecule has 1 aromatic carbocycles. The fourth-order valence-corrected chi connectivity index (χ4v) is 4.51. The molecule has 140 valence electrons. The summed E-state index contributed by atoms with van der Waals surface area (Å²) in [5.74, 6) is -2.34. The summed E-state index contributed by atoms with van der Waals surface area (Å²) in [6, 6.07) is 4.06. The summed E-state index contributed by atoms with van der Waals surface area (Å²) >= 11 is 0. The molecule has 0 atom stereocenters. The van der Waals surface area contributed by atoms with Gasteiger partial charge >= 0.3 is 6.18 Å². The second-order valence-corrected chi connectivity index (χ2v) is 7.99. The monoisotopic (exact) mass is 380 g/mol. The molecule has 2 rings (SSSR count). The SMILES string of the molecule is C/C=C(\c1ccc(F)cc1N)C1CCN(S(=O)(=O)CC(F)(F)F)CC1. The summed E-state index contributed by atoms with van der Waals surface area (Å²) in [6.45, 7) is 1.83. The van der Waals surface area contributed by atoms with Crippen molar-refractivity contribution in [2.75, 3.05) is 24.6 Å². The molecule has 0 aliphatic carbocycles. The summed E-state index contributed by atoms with van der Waals surface area (Å²) in [7, 11) is -4.36. The van der Waals surface area contributed by atoms with E-state index in [9.17, 15) is 26.0 Å². The Bertz CT molecular complexity index is 752. The van der Waals surface area contributed by atoms with Crippen molar-refractivity contribution in [3.05, 3.63) is 35.7 Å². The molecule has 2 N–H and O–H groups in total. The molecule has 0 aromatic heterocycles. The number of benzene rings is 1. The zero-order valence-electron chi connectivity index (χ0n) is 13.7. The van der Waals surface area contributed by atoms with Crippen LogP contribution < -0.4 is 5.73 Å². The highest BCUT2D eigenvalue weighted by Gasteiger charge is 2.39. The van der Waals surface area contributed by atoms with Crippen LogP contribution in [0, 0.1) is 11.7 Å². The lowest BCUT2D eigenvalue weighted by Crippen LogP contribution is -2.42. The smallest absolute Gasteiger partial charge is 0.398 e. The molecule has 1 aliphatic rings. The van der Waals surface area contributed by atoms with E-state index in [1.807, 2.05) is 6.08 Å². The van der Waals surface area contributed by atoms with Crippen molar-refractivity contribution < 1.29 is 26.0 Å². The van der Waals surface area contributed by atoms with E-state index < -0.39 is 27.8 Å². The van der Waals surface area contributed by atoms with E-state index in [4.69, 9.17) is 5.73 Å². The number of nitrogens with zero attached hydrogens (tertiary/aromatic N) is 1. The van der Waals surface area contributed by atoms with Gasteiger partial charge in [0.2, 0.25) is 10.0 Å². The van der Waals surface area contributed by atoms with E-state index in [2.05, 4.69) is 0 Å². The number of rotatable bonds is 4. The lowest BCUT2D eigenvalue weighted by atomic mass is 9.85. The number of piperidine rings is 1. The minimum Gasteiger partial charge on any atom is -0.398 e. The van der Waals surface area contributed by atoms with Gasteiger partial charge in [-0.15, -0.1) is 0 Å². The lowest BCUT2D eigenvalue weighted by molar-refractivity contribution is -0.107. The molecule has 0 bridgehead atoms. The van der Waals surface area contributed by atoms with Crippen LogP contribution in [0.2, 0.25) is 0 Å². The molecule has 1 heterocycles. The molecular weight excluding hydrogens is 360 g/mol. The number of nitrogen functional groups attached to an aromatic ring is 1. The summed E-state index contributed by atoms with van der Waals surface area (Å²) < 4.78 is 75.0. The van der Waals surface area contributed by atoms with Crippen LogP contribution in [0.1, 0.15) is 25.3 Å². The normalized spacial score (nSPS) is 18.5. The van der Waals surface area contributed by atoms with Gasteiger partial charge in [-0.3, -0.25) is 0 Å². The second-order valence-electron chi connectivity index (χ2n) is 6.02. The van der Waals surface area contributed by atoms with E-state index in [-0.39, 0.29) is 24.7 Å². The second kappa shape index (κ2) is 7.33. The molecule has 4 nitrogen and oxygen atoms in total. The molecule has 0 spiro atoms. The van der Waals surface area contributed by atoms with Crippen molar-refractivity contribution >= 4 is 21.3 Å². The van der Waals surface area contributed by atoms with Crippen molar-refractivity contribution in [1.82, 2.24) is 4.31 Å². The van der Waals surface area contributed by atoms with Crippen molar-refractivity contribution in [2.24, 2.45) is 5.92 Å². The first-order valence-electron chi connectivity index (χ1n) is 7.79. The maximum absolute atomic E-state index is 13.2. The maximum atomic E-state index is 13.2. The van der Waals surface area contributed by atoms with E-state index in [0.29, 0.717) is 18.4 Å². The number of hydrogen-bond donors (Lipinski definition) is 1. The Morgan fingerprint density at radius 2 is 1.92 bits per heavy atom. The first kappa shape index (κ1) is 19.7. The molecule has 0 radical (unpaired) electrons. The predicted octanol–water partition coefficient (Wildman–Crippen LogP) is 3.42. The highest BCUT2D eigenvalue weighted by molar-refractivity contribution is 7.89. The van der Waals surface area contributed by atoms with Gasteiger partial charge in [0.05, 0.1) is 0 Å². The molecule has 25 heavy (non-hydrogen) atoms. The molecule has 1 fully saturated rings. The number of anilines is 1. The average Bonchev–Trinajstić information content (AvgIpc) is 2.48. The Balaban J connectivity index is 2.10. The van der Waals surface area contributed by atoms with Crippen LogP contribution in [-0.2, 0) is 10.0 Å². The summed E-state index contributed by atoms with van der Waals surface area (Å²) in [4.78, 5) is 0. The van der Waals surface area contributed by atoms with E-state index in [1.165, 1.54) is 12.1 Å². The third-order valence-electron chi connectivity index (χ3n) is 4.27. The minimum absolute atomic E-state index is 0.0154. The van der Waals surface area contributed by atoms with Gasteiger partial charge in [0.25, 0.3) is 0 Å². The average molecular weight is 380 g/mol. The highest BCUT2D eigenvalue weighted by Crippen LogP contribution is 2.35. The molecule has 1 saturated heterocycles. The number of alkyl halides is 3. The van der Waals surface area contributed by atoms with E-state index in [0.717, 1.165) is 9.88 Å². The van der Waals surface area contributed by atoms with Crippen molar-refractivity contribution in [2.45, 2.75) is 25.9 Å². The van der Waals surface area contributed by atoms with Crippen LogP contribution in [0.15, 0.2) is 24.3 Å². The van der Waals surface area contributed by atoms with Gasteiger partial charge in [-0.1, -0.05) is 6.08 Å². The maximum Gasteiger partial charge on any atom is 0.404 e. The van der Waals surface area contributed by atoms with Crippen LogP contribution in [0.25, 0.3) is 5.57 Å². The first-order chi connectivity index (χ1) is 11.5. The summed E-state index contributed by atoms with van der Waals surface area (Å²) in [5, 5.41) is 0. The van der Waals surface area contributed by atoms with Gasteiger partial charge in [-0.2, -0.15) is 13.2 Å². The van der Waals surface area contributed by atoms with Crippen molar-refractivity contribution in [1.29, 1.82) is 0 Å². The van der Waals surface area contributed by atoms with Gasteiger partial charge < -0.3 is 5.73 Å². The molecule has 1 aliphatic heterocycles. The number of halogens is 4. The molecule has 1 aromatic rings. The van der Waals surface area contributed by atoms with Crippen LogP contribution in [0.4, 0.5) is 23.2 Å². The van der Waals surface area contributed by atoms with Gasteiger partial charge in [0, 0.05) is 24.3 Å². The van der Waals surface area contributed by atoms with Crippen molar-refractivity contribution in [3.8, 4) is 0 Å². The molecular formula is C16H20F4N2O2S. The highest BCUT2D eigenvalue weighted by atomic mass is 32.2. The zero-order valence-corrected chi connectivity index (χ0v) is 14.5. The molecule has 0 saturated carbocycles. The van der Waals surface area contributed by atoms with Gasteiger partial charge in [0.1, 0.15) is 5.82 Å². The Morgan fingerprint density at radius 3 is 2.40 bits per heavy atom. The van der Waals surface area contributed by atoms with Crippen LogP contribution in [0.5, 0.6) is 0 Å².